The van der Waals surface area contributed by atoms with E-state index in [1.54, 1.807) is 48.9 Å². The normalized spacial score (nSPS) is 18.2. The molecule has 0 bridgehead atoms. The minimum Gasteiger partial charge on any atom is -0.399 e. The summed E-state index contributed by atoms with van der Waals surface area (Å²) in [6, 6.07) is 4.79. The number of carbonyl (C=O) groups is 2. The lowest BCUT2D eigenvalue weighted by molar-refractivity contribution is -0.144. The fourth-order valence-electron chi connectivity index (χ4n) is 2.49. The Labute approximate surface area is 118 Å². The molecule has 0 unspecified atom stereocenters. The first kappa shape index (κ1) is 14.2. The minimum atomic E-state index is -0.877. The molecule has 0 spiro atoms. The van der Waals surface area contributed by atoms with Crippen molar-refractivity contribution in [3.8, 4) is 0 Å². The fraction of sp³-hybridized carbons (Fsp3) is 0.429. The summed E-state index contributed by atoms with van der Waals surface area (Å²) in [4.78, 5) is 28.0. The molecule has 20 heavy (non-hydrogen) atoms. The lowest BCUT2D eigenvalue weighted by Crippen LogP contribution is -2.63. The van der Waals surface area contributed by atoms with Crippen molar-refractivity contribution in [2.75, 3.05) is 31.6 Å². The Kier molecular flexibility index (Phi) is 3.33. The first-order valence-electron chi connectivity index (χ1n) is 6.47. The molecule has 2 rings (SSSR count). The van der Waals surface area contributed by atoms with E-state index in [1.165, 1.54) is 0 Å². The van der Waals surface area contributed by atoms with Crippen LogP contribution in [0.1, 0.15) is 24.2 Å². The third-order valence-corrected chi connectivity index (χ3v) is 3.76. The van der Waals surface area contributed by atoms with Gasteiger partial charge in [0.2, 0.25) is 5.91 Å². The third kappa shape index (κ3) is 2.17. The number of rotatable bonds is 1. The highest BCUT2D eigenvalue weighted by molar-refractivity contribution is 6.03. The number of hydrogen-bond acceptors (Lipinski definition) is 4. The summed E-state index contributed by atoms with van der Waals surface area (Å²) >= 11 is 0. The SMILES string of the molecule is CN1CCN(C(=O)c2ccc(N)cc2N)C(C)(C)C1=O. The molecule has 6 heteroatoms. The minimum absolute atomic E-state index is 0.0777. The van der Waals surface area contributed by atoms with Gasteiger partial charge in [-0.1, -0.05) is 0 Å². The standard InChI is InChI=1S/C14H20N4O2/c1-14(2)13(20)17(3)6-7-18(14)12(19)10-5-4-9(15)8-11(10)16/h4-5,8H,6-7,15-16H2,1-3H3. The summed E-state index contributed by atoms with van der Waals surface area (Å²) in [5.41, 5.74) is 11.8. The number of likely N-dealkylation sites (N-methyl/N-ethyl adjacent to an activating group) is 1. The zero-order valence-electron chi connectivity index (χ0n) is 12.0. The van der Waals surface area contributed by atoms with Crippen LogP contribution in [-0.4, -0.2) is 47.3 Å². The van der Waals surface area contributed by atoms with Crippen LogP contribution in [0.3, 0.4) is 0 Å². The van der Waals surface area contributed by atoms with Crippen LogP contribution in [0, 0.1) is 0 Å². The second-order valence-corrected chi connectivity index (χ2v) is 5.59. The van der Waals surface area contributed by atoms with Gasteiger partial charge in [-0.2, -0.15) is 0 Å². The van der Waals surface area contributed by atoms with Crippen molar-refractivity contribution in [2.45, 2.75) is 19.4 Å². The van der Waals surface area contributed by atoms with Crippen molar-refractivity contribution >= 4 is 23.2 Å². The van der Waals surface area contributed by atoms with Crippen LogP contribution in [0.5, 0.6) is 0 Å². The number of hydrogen-bond donors (Lipinski definition) is 2. The smallest absolute Gasteiger partial charge is 0.256 e. The molecule has 1 aliphatic rings. The molecule has 0 aliphatic carbocycles. The molecule has 0 radical (unpaired) electrons. The molecular formula is C14H20N4O2. The number of amides is 2. The maximum atomic E-state index is 12.6. The van der Waals surface area contributed by atoms with Gasteiger partial charge in [0.15, 0.2) is 0 Å². The molecule has 6 nitrogen and oxygen atoms in total. The molecule has 1 saturated heterocycles. The Morgan fingerprint density at radius 3 is 2.50 bits per heavy atom. The quantitative estimate of drug-likeness (QED) is 0.732. The van der Waals surface area contributed by atoms with Gasteiger partial charge >= 0.3 is 0 Å². The van der Waals surface area contributed by atoms with E-state index in [2.05, 4.69) is 0 Å². The Bertz CT molecular complexity index is 568. The molecule has 1 fully saturated rings. The fourth-order valence-corrected chi connectivity index (χ4v) is 2.49. The summed E-state index contributed by atoms with van der Waals surface area (Å²) < 4.78 is 0. The molecule has 1 aliphatic heterocycles. The van der Waals surface area contributed by atoms with Gasteiger partial charge in [0.05, 0.1) is 5.56 Å². The van der Waals surface area contributed by atoms with Crippen molar-refractivity contribution < 1.29 is 9.59 Å². The van der Waals surface area contributed by atoms with Crippen LogP contribution in [0.4, 0.5) is 11.4 Å². The highest BCUT2D eigenvalue weighted by Gasteiger charge is 2.43. The van der Waals surface area contributed by atoms with Crippen LogP contribution in [0.15, 0.2) is 18.2 Å². The summed E-state index contributed by atoms with van der Waals surface area (Å²) in [7, 11) is 1.74. The predicted octanol–water partition coefficient (Wildman–Crippen LogP) is 0.544. The first-order chi connectivity index (χ1) is 9.25. The zero-order chi connectivity index (χ0) is 15.1. The summed E-state index contributed by atoms with van der Waals surface area (Å²) in [5, 5.41) is 0. The van der Waals surface area contributed by atoms with Crippen LogP contribution >= 0.6 is 0 Å². The number of carbonyl (C=O) groups excluding carboxylic acids is 2. The molecular weight excluding hydrogens is 256 g/mol. The van der Waals surface area contributed by atoms with Gasteiger partial charge < -0.3 is 21.3 Å². The van der Waals surface area contributed by atoms with Gasteiger partial charge in [-0.25, -0.2) is 0 Å². The Morgan fingerprint density at radius 2 is 1.90 bits per heavy atom. The Balaban J connectivity index is 2.35. The highest BCUT2D eigenvalue weighted by Crippen LogP contribution is 2.26. The number of nitrogens with zero attached hydrogens (tertiary/aromatic N) is 2. The number of nitrogens with two attached hydrogens (primary N) is 2. The van der Waals surface area contributed by atoms with Crippen molar-refractivity contribution in [1.82, 2.24) is 9.80 Å². The molecule has 0 aromatic heterocycles. The topological polar surface area (TPSA) is 92.7 Å². The number of anilines is 2. The van der Waals surface area contributed by atoms with E-state index in [4.69, 9.17) is 11.5 Å². The van der Waals surface area contributed by atoms with Gasteiger partial charge in [-0.15, -0.1) is 0 Å². The van der Waals surface area contributed by atoms with Gasteiger partial charge in [0.1, 0.15) is 5.54 Å². The van der Waals surface area contributed by atoms with E-state index in [9.17, 15) is 9.59 Å². The number of benzene rings is 1. The molecule has 1 aromatic carbocycles. The van der Waals surface area contributed by atoms with Crippen molar-refractivity contribution in [1.29, 1.82) is 0 Å². The maximum absolute atomic E-state index is 12.6. The van der Waals surface area contributed by atoms with Crippen molar-refractivity contribution in [3.63, 3.8) is 0 Å². The van der Waals surface area contributed by atoms with Gasteiger partial charge in [0.25, 0.3) is 5.91 Å². The first-order valence-corrected chi connectivity index (χ1v) is 6.47. The van der Waals surface area contributed by atoms with Crippen LogP contribution in [-0.2, 0) is 4.79 Å². The summed E-state index contributed by atoms with van der Waals surface area (Å²) in [6.07, 6.45) is 0. The van der Waals surface area contributed by atoms with Crippen LogP contribution in [0.25, 0.3) is 0 Å². The molecule has 1 heterocycles. The van der Waals surface area contributed by atoms with E-state index in [0.717, 1.165) is 0 Å². The molecule has 0 saturated carbocycles. The average Bonchev–Trinajstić information content (AvgIpc) is 2.35. The predicted molar refractivity (Wildman–Crippen MR) is 78.0 cm³/mol. The second kappa shape index (κ2) is 4.70. The van der Waals surface area contributed by atoms with E-state index in [0.29, 0.717) is 30.0 Å². The zero-order valence-corrected chi connectivity index (χ0v) is 12.0. The van der Waals surface area contributed by atoms with Gasteiger partial charge in [-0.05, 0) is 32.0 Å². The highest BCUT2D eigenvalue weighted by atomic mass is 16.2. The Morgan fingerprint density at radius 1 is 1.25 bits per heavy atom. The number of nitrogen functional groups attached to an aromatic ring is 2. The second-order valence-electron chi connectivity index (χ2n) is 5.59. The molecule has 2 amide bonds. The molecule has 108 valence electrons. The average molecular weight is 276 g/mol. The molecule has 0 atom stereocenters. The summed E-state index contributed by atoms with van der Waals surface area (Å²) in [5.74, 6) is -0.319. The van der Waals surface area contributed by atoms with E-state index in [-0.39, 0.29) is 11.8 Å². The van der Waals surface area contributed by atoms with E-state index < -0.39 is 5.54 Å². The van der Waals surface area contributed by atoms with E-state index in [1.807, 2.05) is 0 Å². The van der Waals surface area contributed by atoms with Crippen LogP contribution in [0.2, 0.25) is 0 Å². The van der Waals surface area contributed by atoms with Crippen LogP contribution < -0.4 is 11.5 Å². The summed E-state index contributed by atoms with van der Waals surface area (Å²) in [6.45, 7) is 4.49. The van der Waals surface area contributed by atoms with Gasteiger partial charge in [0, 0.05) is 31.5 Å². The Hall–Kier alpha value is -2.24. The lowest BCUT2D eigenvalue weighted by Gasteiger charge is -2.44. The lowest BCUT2D eigenvalue weighted by atomic mass is 9.96. The van der Waals surface area contributed by atoms with Crippen molar-refractivity contribution in [3.05, 3.63) is 23.8 Å². The largest absolute Gasteiger partial charge is 0.399 e. The molecule has 1 aromatic rings. The monoisotopic (exact) mass is 276 g/mol. The maximum Gasteiger partial charge on any atom is 0.256 e. The third-order valence-electron chi connectivity index (χ3n) is 3.76. The van der Waals surface area contributed by atoms with Crippen molar-refractivity contribution in [2.24, 2.45) is 0 Å². The molecule has 4 N–H and O–H groups in total. The van der Waals surface area contributed by atoms with E-state index >= 15 is 0 Å². The van der Waals surface area contributed by atoms with Gasteiger partial charge in [-0.3, -0.25) is 9.59 Å². The number of piperazine rings is 1.